The second-order valence-corrected chi connectivity index (χ2v) is 7.08. The predicted octanol–water partition coefficient (Wildman–Crippen LogP) is 2.97. The van der Waals surface area contributed by atoms with Crippen LogP contribution < -0.4 is 4.90 Å². The number of pyridine rings is 1. The summed E-state index contributed by atoms with van der Waals surface area (Å²) >= 11 is 1.73. The topological polar surface area (TPSA) is 42.4 Å². The van der Waals surface area contributed by atoms with Crippen LogP contribution in [0.15, 0.2) is 23.4 Å². The molecule has 114 valence electrons. The van der Waals surface area contributed by atoms with Crippen molar-refractivity contribution in [2.75, 3.05) is 23.8 Å². The molecule has 0 N–H and O–H groups in total. The maximum absolute atomic E-state index is 13.0. The average Bonchev–Trinajstić information content (AvgIpc) is 2.53. The largest absolute Gasteiger partial charge is 0.377 e. The first-order valence-electron chi connectivity index (χ1n) is 7.69. The summed E-state index contributed by atoms with van der Waals surface area (Å²) in [7, 11) is 0. The van der Waals surface area contributed by atoms with Crippen LogP contribution in [0.1, 0.15) is 26.7 Å². The number of thioether (sulfide) groups is 1. The van der Waals surface area contributed by atoms with E-state index >= 15 is 0 Å². The molecule has 0 spiro atoms. The third kappa shape index (κ3) is 2.94. The van der Waals surface area contributed by atoms with Crippen molar-refractivity contribution in [3.63, 3.8) is 0 Å². The van der Waals surface area contributed by atoms with Crippen LogP contribution in [0.3, 0.4) is 0 Å². The molecule has 2 aliphatic heterocycles. The molecule has 2 aliphatic rings. The minimum atomic E-state index is -0.0186. The van der Waals surface area contributed by atoms with Crippen molar-refractivity contribution in [3.05, 3.63) is 18.3 Å². The number of ether oxygens (including phenoxy) is 1. The van der Waals surface area contributed by atoms with E-state index in [1.807, 2.05) is 17.0 Å². The van der Waals surface area contributed by atoms with Crippen LogP contribution >= 0.6 is 11.8 Å². The summed E-state index contributed by atoms with van der Waals surface area (Å²) in [5.41, 5.74) is 0.965. The van der Waals surface area contributed by atoms with Gasteiger partial charge < -0.3 is 9.64 Å². The van der Waals surface area contributed by atoms with Gasteiger partial charge >= 0.3 is 0 Å². The molecule has 2 unspecified atom stereocenters. The fourth-order valence-corrected chi connectivity index (χ4v) is 4.13. The first kappa shape index (κ1) is 14.9. The summed E-state index contributed by atoms with van der Waals surface area (Å²) in [6.45, 7) is 5.82. The molecular formula is C16H22N2O2S. The molecule has 4 nitrogen and oxygen atoms in total. The van der Waals surface area contributed by atoms with Crippen molar-refractivity contribution in [1.29, 1.82) is 0 Å². The number of carbonyl (C=O) groups is 1. The van der Waals surface area contributed by atoms with Crippen molar-refractivity contribution in [2.24, 2.45) is 11.8 Å². The molecule has 1 aromatic rings. The Labute approximate surface area is 130 Å². The number of fused-ring (bicyclic) bond motifs is 1. The normalized spacial score (nSPS) is 25.8. The van der Waals surface area contributed by atoms with Gasteiger partial charge in [-0.3, -0.25) is 4.79 Å². The zero-order valence-corrected chi connectivity index (χ0v) is 13.4. The summed E-state index contributed by atoms with van der Waals surface area (Å²) in [4.78, 5) is 19.4. The van der Waals surface area contributed by atoms with Crippen molar-refractivity contribution in [1.82, 2.24) is 4.98 Å². The molecule has 0 radical (unpaired) electrons. The second kappa shape index (κ2) is 6.36. The third-order valence-corrected chi connectivity index (χ3v) is 5.18. The van der Waals surface area contributed by atoms with Gasteiger partial charge in [0.05, 0.1) is 17.7 Å². The Balaban J connectivity index is 1.85. The zero-order valence-electron chi connectivity index (χ0n) is 12.6. The maximum atomic E-state index is 13.0. The summed E-state index contributed by atoms with van der Waals surface area (Å²) in [6, 6.07) is 3.91. The van der Waals surface area contributed by atoms with E-state index < -0.39 is 0 Å². The predicted molar refractivity (Wildman–Crippen MR) is 84.6 cm³/mol. The lowest BCUT2D eigenvalue weighted by molar-refractivity contribution is -0.134. The van der Waals surface area contributed by atoms with Crippen LogP contribution in [-0.2, 0) is 9.53 Å². The maximum Gasteiger partial charge on any atom is 0.232 e. The molecule has 0 saturated carbocycles. The lowest BCUT2D eigenvalue weighted by Crippen LogP contribution is -2.47. The van der Waals surface area contributed by atoms with Crippen LogP contribution in [0, 0.1) is 11.8 Å². The molecule has 0 aromatic carbocycles. The van der Waals surface area contributed by atoms with Crippen LogP contribution in [0.25, 0.3) is 0 Å². The van der Waals surface area contributed by atoms with Crippen molar-refractivity contribution >= 4 is 23.4 Å². The number of amides is 1. The van der Waals surface area contributed by atoms with Gasteiger partial charge in [0.2, 0.25) is 5.91 Å². The Morgan fingerprint density at radius 2 is 2.38 bits per heavy atom. The molecule has 1 saturated heterocycles. The lowest BCUT2D eigenvalue weighted by Gasteiger charge is -2.38. The van der Waals surface area contributed by atoms with Gasteiger partial charge in [0.1, 0.15) is 5.03 Å². The molecule has 1 amide bonds. The third-order valence-electron chi connectivity index (χ3n) is 4.20. The van der Waals surface area contributed by atoms with Gasteiger partial charge in [0.25, 0.3) is 0 Å². The highest BCUT2D eigenvalue weighted by Crippen LogP contribution is 2.36. The number of anilines is 1. The molecule has 3 rings (SSSR count). The van der Waals surface area contributed by atoms with Gasteiger partial charge in [0, 0.05) is 25.1 Å². The van der Waals surface area contributed by atoms with Crippen LogP contribution in [0.5, 0.6) is 0 Å². The lowest BCUT2D eigenvalue weighted by atomic mass is 9.86. The van der Waals surface area contributed by atoms with Crippen molar-refractivity contribution < 1.29 is 9.53 Å². The fraction of sp³-hybridized carbons (Fsp3) is 0.625. The van der Waals surface area contributed by atoms with Crippen molar-refractivity contribution in [2.45, 2.75) is 37.8 Å². The molecule has 21 heavy (non-hydrogen) atoms. The molecule has 3 heterocycles. The summed E-state index contributed by atoms with van der Waals surface area (Å²) in [5, 5.41) is 0.968. The van der Waals surface area contributed by atoms with Gasteiger partial charge in [-0.25, -0.2) is 4.98 Å². The van der Waals surface area contributed by atoms with Gasteiger partial charge in [0.15, 0.2) is 0 Å². The number of nitrogens with zero attached hydrogens (tertiary/aromatic N) is 2. The highest BCUT2D eigenvalue weighted by molar-refractivity contribution is 7.99. The number of hydrogen-bond acceptors (Lipinski definition) is 4. The SMILES string of the molecule is CC(C)C1OCCCC1C(=O)N1CCSc2ncccc21. The van der Waals surface area contributed by atoms with E-state index in [4.69, 9.17) is 4.74 Å². The molecule has 0 aliphatic carbocycles. The number of aromatic nitrogens is 1. The standard InChI is InChI=1S/C16H22N2O2S/c1-11(2)14-12(5-4-9-20-14)16(19)18-8-10-21-15-13(18)6-3-7-17-15/h3,6-7,11-12,14H,4-5,8-10H2,1-2H3. The summed E-state index contributed by atoms with van der Waals surface area (Å²) in [6.07, 6.45) is 3.74. The molecular weight excluding hydrogens is 284 g/mol. The van der Waals surface area contributed by atoms with E-state index in [1.54, 1.807) is 18.0 Å². The van der Waals surface area contributed by atoms with Gasteiger partial charge in [-0.1, -0.05) is 13.8 Å². The number of hydrogen-bond donors (Lipinski definition) is 0. The Morgan fingerprint density at radius 1 is 1.52 bits per heavy atom. The molecule has 1 aromatic heterocycles. The average molecular weight is 306 g/mol. The Bertz CT molecular complexity index is 521. The molecule has 0 bridgehead atoms. The highest BCUT2D eigenvalue weighted by atomic mass is 32.2. The van der Waals surface area contributed by atoms with Gasteiger partial charge in [-0.05, 0) is 30.9 Å². The van der Waals surface area contributed by atoms with Crippen LogP contribution in [0.4, 0.5) is 5.69 Å². The van der Waals surface area contributed by atoms with E-state index in [-0.39, 0.29) is 17.9 Å². The van der Waals surface area contributed by atoms with E-state index in [9.17, 15) is 4.79 Å². The first-order valence-corrected chi connectivity index (χ1v) is 8.68. The van der Waals surface area contributed by atoms with E-state index in [1.165, 1.54) is 0 Å². The number of rotatable bonds is 2. The van der Waals surface area contributed by atoms with E-state index in [2.05, 4.69) is 18.8 Å². The second-order valence-electron chi connectivity index (χ2n) is 5.99. The molecule has 5 heteroatoms. The monoisotopic (exact) mass is 306 g/mol. The van der Waals surface area contributed by atoms with Gasteiger partial charge in [-0.15, -0.1) is 11.8 Å². The smallest absolute Gasteiger partial charge is 0.232 e. The Morgan fingerprint density at radius 3 is 3.19 bits per heavy atom. The summed E-state index contributed by atoms with van der Waals surface area (Å²) in [5.74, 6) is 1.47. The quantitative estimate of drug-likeness (QED) is 0.842. The highest BCUT2D eigenvalue weighted by Gasteiger charge is 2.38. The first-order chi connectivity index (χ1) is 10.2. The van der Waals surface area contributed by atoms with Crippen molar-refractivity contribution in [3.8, 4) is 0 Å². The molecule has 1 fully saturated rings. The van der Waals surface area contributed by atoms with Crippen LogP contribution in [0.2, 0.25) is 0 Å². The fourth-order valence-electron chi connectivity index (χ4n) is 3.21. The minimum absolute atomic E-state index is 0.0186. The molecule has 2 atom stereocenters. The zero-order chi connectivity index (χ0) is 14.8. The van der Waals surface area contributed by atoms with E-state index in [0.717, 1.165) is 42.5 Å². The number of carbonyl (C=O) groups excluding carboxylic acids is 1. The Kier molecular flexibility index (Phi) is 4.50. The minimum Gasteiger partial charge on any atom is -0.377 e. The van der Waals surface area contributed by atoms with E-state index in [0.29, 0.717) is 5.92 Å². The summed E-state index contributed by atoms with van der Waals surface area (Å²) < 4.78 is 5.88. The van der Waals surface area contributed by atoms with Gasteiger partial charge in [-0.2, -0.15) is 0 Å². The van der Waals surface area contributed by atoms with Crippen LogP contribution in [-0.4, -0.2) is 35.9 Å². The Hall–Kier alpha value is -1.07.